The first-order valence-corrected chi connectivity index (χ1v) is 9.41. The van der Waals surface area contributed by atoms with Crippen molar-refractivity contribution in [2.45, 2.75) is 18.6 Å². The van der Waals surface area contributed by atoms with Crippen LogP contribution in [0.15, 0.2) is 42.5 Å². The highest BCUT2D eigenvalue weighted by Gasteiger charge is 2.31. The van der Waals surface area contributed by atoms with E-state index < -0.39 is 35.5 Å². The molecule has 29 heavy (non-hydrogen) atoms. The lowest BCUT2D eigenvalue weighted by Gasteiger charge is -2.34. The van der Waals surface area contributed by atoms with E-state index in [0.29, 0.717) is 26.3 Å². The van der Waals surface area contributed by atoms with Crippen LogP contribution in [-0.2, 0) is 16.0 Å². The van der Waals surface area contributed by atoms with E-state index >= 15 is 0 Å². The molecule has 2 aromatic carbocycles. The summed E-state index contributed by atoms with van der Waals surface area (Å²) in [5, 5.41) is 12.8. The number of ether oxygens (including phenoxy) is 1. The van der Waals surface area contributed by atoms with Crippen LogP contribution in [0.4, 0.5) is 13.2 Å². The highest BCUT2D eigenvalue weighted by molar-refractivity contribution is 5.83. The van der Waals surface area contributed by atoms with E-state index in [1.54, 1.807) is 18.2 Å². The number of carbonyl (C=O) groups is 1. The van der Waals surface area contributed by atoms with Crippen LogP contribution in [0.25, 0.3) is 0 Å². The van der Waals surface area contributed by atoms with E-state index in [2.05, 4.69) is 5.32 Å². The van der Waals surface area contributed by atoms with Crippen molar-refractivity contribution in [2.24, 2.45) is 0 Å². The number of rotatable bonds is 7. The van der Waals surface area contributed by atoms with E-state index in [0.717, 1.165) is 12.1 Å². The van der Waals surface area contributed by atoms with Gasteiger partial charge in [-0.15, -0.1) is 0 Å². The fraction of sp³-hybridized carbons (Fsp3) is 0.381. The van der Waals surface area contributed by atoms with Crippen LogP contribution < -0.4 is 5.32 Å². The van der Waals surface area contributed by atoms with Gasteiger partial charge in [-0.1, -0.05) is 24.3 Å². The largest absolute Gasteiger partial charge is 0.391 e. The summed E-state index contributed by atoms with van der Waals surface area (Å²) in [4.78, 5) is 14.7. The fourth-order valence-corrected chi connectivity index (χ4v) is 3.36. The molecule has 0 spiro atoms. The number of carbonyl (C=O) groups excluding carboxylic acids is 1. The monoisotopic (exact) mass is 408 g/mol. The Kier molecular flexibility index (Phi) is 7.24. The molecule has 2 aromatic rings. The predicted molar refractivity (Wildman–Crippen MR) is 101 cm³/mol. The Hall–Kier alpha value is -2.42. The number of benzene rings is 2. The molecule has 156 valence electrons. The molecule has 1 heterocycles. The molecule has 2 atom stereocenters. The SMILES string of the molecule is O=C(NC[C@H](O)Cc1ccc(F)cc1F)[C@H](c1ccccc1F)N1CCOCC1. The fourth-order valence-electron chi connectivity index (χ4n) is 3.36. The second kappa shape index (κ2) is 9.87. The van der Waals surface area contributed by atoms with Crippen LogP contribution in [-0.4, -0.2) is 54.9 Å². The number of nitrogens with one attached hydrogen (secondary N) is 1. The molecule has 2 N–H and O–H groups in total. The average molecular weight is 408 g/mol. The Morgan fingerprint density at radius 1 is 1.10 bits per heavy atom. The Bertz CT molecular complexity index is 844. The molecule has 3 rings (SSSR count). The van der Waals surface area contributed by atoms with Gasteiger partial charge in [-0.05, 0) is 17.7 Å². The van der Waals surface area contributed by atoms with Gasteiger partial charge < -0.3 is 15.2 Å². The van der Waals surface area contributed by atoms with Crippen LogP contribution >= 0.6 is 0 Å². The van der Waals surface area contributed by atoms with Crippen LogP contribution in [0.5, 0.6) is 0 Å². The van der Waals surface area contributed by atoms with Gasteiger partial charge >= 0.3 is 0 Å². The minimum Gasteiger partial charge on any atom is -0.391 e. The molecule has 0 aromatic heterocycles. The predicted octanol–water partition coefficient (Wildman–Crippen LogP) is 2.20. The average Bonchev–Trinajstić information content (AvgIpc) is 2.71. The molecule has 0 saturated carbocycles. The first kappa shape index (κ1) is 21.3. The third-order valence-corrected chi connectivity index (χ3v) is 4.84. The van der Waals surface area contributed by atoms with Gasteiger partial charge in [-0.25, -0.2) is 13.2 Å². The zero-order chi connectivity index (χ0) is 20.8. The Balaban J connectivity index is 1.67. The number of nitrogens with zero attached hydrogens (tertiary/aromatic N) is 1. The molecular formula is C21H23F3N2O3. The highest BCUT2D eigenvalue weighted by Crippen LogP contribution is 2.24. The minimum absolute atomic E-state index is 0.0890. The van der Waals surface area contributed by atoms with Gasteiger partial charge in [-0.3, -0.25) is 9.69 Å². The number of halogens is 3. The summed E-state index contributed by atoms with van der Waals surface area (Å²) in [5.41, 5.74) is 0.387. The molecule has 0 bridgehead atoms. The summed E-state index contributed by atoms with van der Waals surface area (Å²) in [5.74, 6) is -2.41. The van der Waals surface area contributed by atoms with E-state index in [1.807, 2.05) is 4.90 Å². The van der Waals surface area contributed by atoms with Gasteiger partial charge in [0.25, 0.3) is 0 Å². The maximum absolute atomic E-state index is 14.4. The lowest BCUT2D eigenvalue weighted by Crippen LogP contribution is -2.47. The lowest BCUT2D eigenvalue weighted by atomic mass is 10.0. The van der Waals surface area contributed by atoms with E-state index in [-0.39, 0.29) is 24.1 Å². The molecule has 1 aliphatic rings. The molecular weight excluding hydrogens is 385 g/mol. The first-order valence-electron chi connectivity index (χ1n) is 9.41. The second-order valence-electron chi connectivity index (χ2n) is 6.91. The standard InChI is InChI=1S/C21H23F3N2O3/c22-15-6-5-14(19(24)12-15)11-16(27)13-25-21(28)20(26-7-9-29-10-8-26)17-3-1-2-4-18(17)23/h1-6,12,16,20,27H,7-11,13H2,(H,25,28)/t16-,20+/m1/s1. The molecule has 8 heteroatoms. The third kappa shape index (κ3) is 5.56. The molecule has 1 amide bonds. The minimum atomic E-state index is -1.08. The first-order chi connectivity index (χ1) is 14.0. The van der Waals surface area contributed by atoms with Crippen molar-refractivity contribution in [3.8, 4) is 0 Å². The van der Waals surface area contributed by atoms with Gasteiger partial charge in [0, 0.05) is 37.7 Å². The van der Waals surface area contributed by atoms with Crippen LogP contribution in [0, 0.1) is 17.5 Å². The van der Waals surface area contributed by atoms with Gasteiger partial charge in [0.05, 0.1) is 19.3 Å². The van der Waals surface area contributed by atoms with Crippen LogP contribution in [0.2, 0.25) is 0 Å². The zero-order valence-electron chi connectivity index (χ0n) is 15.8. The topological polar surface area (TPSA) is 61.8 Å². The van der Waals surface area contributed by atoms with Crippen molar-refractivity contribution in [1.82, 2.24) is 10.2 Å². The van der Waals surface area contributed by atoms with Crippen molar-refractivity contribution in [2.75, 3.05) is 32.8 Å². The molecule has 1 saturated heterocycles. The van der Waals surface area contributed by atoms with E-state index in [1.165, 1.54) is 12.1 Å². The highest BCUT2D eigenvalue weighted by atomic mass is 19.1. The number of hydrogen-bond acceptors (Lipinski definition) is 4. The Morgan fingerprint density at radius 3 is 2.52 bits per heavy atom. The summed E-state index contributed by atoms with van der Waals surface area (Å²) in [7, 11) is 0. The molecule has 0 aliphatic carbocycles. The second-order valence-corrected chi connectivity index (χ2v) is 6.91. The summed E-state index contributed by atoms with van der Waals surface area (Å²) >= 11 is 0. The smallest absolute Gasteiger partial charge is 0.242 e. The van der Waals surface area contributed by atoms with Gasteiger partial charge in [-0.2, -0.15) is 0 Å². The maximum Gasteiger partial charge on any atom is 0.242 e. The van der Waals surface area contributed by atoms with Crippen LogP contribution in [0.3, 0.4) is 0 Å². The molecule has 1 fully saturated rings. The zero-order valence-corrected chi connectivity index (χ0v) is 15.8. The van der Waals surface area contributed by atoms with Crippen molar-refractivity contribution < 1.29 is 27.8 Å². The summed E-state index contributed by atoms with van der Waals surface area (Å²) in [6.45, 7) is 1.66. The Labute approximate surface area is 167 Å². The number of amides is 1. The molecule has 5 nitrogen and oxygen atoms in total. The van der Waals surface area contributed by atoms with Gasteiger partial charge in [0.1, 0.15) is 23.5 Å². The van der Waals surface area contributed by atoms with Crippen LogP contribution in [0.1, 0.15) is 17.2 Å². The number of morpholine rings is 1. The number of aliphatic hydroxyl groups excluding tert-OH is 1. The normalized spacial score (nSPS) is 17.0. The van der Waals surface area contributed by atoms with Crippen molar-refractivity contribution in [1.29, 1.82) is 0 Å². The summed E-state index contributed by atoms with van der Waals surface area (Å²) in [6.07, 6.45) is -1.17. The van der Waals surface area contributed by atoms with Crippen molar-refractivity contribution in [3.05, 3.63) is 71.0 Å². The molecule has 0 unspecified atom stereocenters. The number of hydrogen-bond donors (Lipinski definition) is 2. The van der Waals surface area contributed by atoms with Crippen molar-refractivity contribution >= 4 is 5.91 Å². The third-order valence-electron chi connectivity index (χ3n) is 4.84. The lowest BCUT2D eigenvalue weighted by molar-refractivity contribution is -0.129. The summed E-state index contributed by atoms with van der Waals surface area (Å²) in [6, 6.07) is 8.30. The number of aliphatic hydroxyl groups is 1. The van der Waals surface area contributed by atoms with Crippen molar-refractivity contribution in [3.63, 3.8) is 0 Å². The van der Waals surface area contributed by atoms with Gasteiger partial charge in [0.2, 0.25) is 5.91 Å². The van der Waals surface area contributed by atoms with E-state index in [4.69, 9.17) is 4.74 Å². The van der Waals surface area contributed by atoms with Gasteiger partial charge in [0.15, 0.2) is 0 Å². The summed E-state index contributed by atoms with van der Waals surface area (Å²) < 4.78 is 46.4. The maximum atomic E-state index is 14.4. The Morgan fingerprint density at radius 2 is 1.83 bits per heavy atom. The quantitative estimate of drug-likeness (QED) is 0.738. The molecule has 1 aliphatic heterocycles. The van der Waals surface area contributed by atoms with E-state index in [9.17, 15) is 23.1 Å². The molecule has 0 radical (unpaired) electrons.